The summed E-state index contributed by atoms with van der Waals surface area (Å²) in [6.45, 7) is 4.68. The molecule has 0 fully saturated rings. The highest BCUT2D eigenvalue weighted by Crippen LogP contribution is 2.23. The molecule has 0 saturated carbocycles. The topological polar surface area (TPSA) is 81.2 Å². The molecule has 0 spiro atoms. The van der Waals surface area contributed by atoms with Crippen LogP contribution in [0.1, 0.15) is 22.6 Å². The molecule has 0 bridgehead atoms. The van der Waals surface area contributed by atoms with E-state index in [4.69, 9.17) is 4.52 Å². The molecule has 0 amide bonds. The molecule has 1 aromatic carbocycles. The highest BCUT2D eigenvalue weighted by atomic mass is 79.9. The third kappa shape index (κ3) is 3.23. The number of hydrogen-bond acceptors (Lipinski definition) is 5. The molecule has 2 rings (SSSR count). The number of hydrogen-bond donors (Lipinski definition) is 1. The molecular formula is C13H14BrN3O3. The second-order valence-corrected chi connectivity index (χ2v) is 5.35. The lowest BCUT2D eigenvalue weighted by Gasteiger charge is -2.06. The van der Waals surface area contributed by atoms with Gasteiger partial charge >= 0.3 is 0 Å². The van der Waals surface area contributed by atoms with Crippen LogP contribution in [0.4, 0.5) is 5.69 Å². The highest BCUT2D eigenvalue weighted by molar-refractivity contribution is 9.10. The van der Waals surface area contributed by atoms with Gasteiger partial charge in [0, 0.05) is 34.8 Å². The summed E-state index contributed by atoms with van der Waals surface area (Å²) in [4.78, 5) is 10.6. The van der Waals surface area contributed by atoms with Crippen LogP contribution >= 0.6 is 15.9 Å². The first kappa shape index (κ1) is 14.7. The minimum Gasteiger partial charge on any atom is -0.361 e. The summed E-state index contributed by atoms with van der Waals surface area (Å²) in [5, 5.41) is 18.0. The quantitative estimate of drug-likeness (QED) is 0.667. The molecule has 106 valence electrons. The van der Waals surface area contributed by atoms with Crippen LogP contribution in [0.15, 0.2) is 27.2 Å². The van der Waals surface area contributed by atoms with Crippen molar-refractivity contribution in [2.75, 3.05) is 0 Å². The second kappa shape index (κ2) is 6.15. The molecule has 0 aliphatic rings. The van der Waals surface area contributed by atoms with Gasteiger partial charge in [-0.25, -0.2) is 0 Å². The van der Waals surface area contributed by atoms with E-state index in [1.165, 1.54) is 6.07 Å². The van der Waals surface area contributed by atoms with Gasteiger partial charge in [0.1, 0.15) is 5.76 Å². The van der Waals surface area contributed by atoms with Crippen LogP contribution in [0.5, 0.6) is 0 Å². The first-order valence-corrected chi connectivity index (χ1v) is 6.83. The van der Waals surface area contributed by atoms with Crippen LogP contribution in [-0.2, 0) is 13.1 Å². The highest BCUT2D eigenvalue weighted by Gasteiger charge is 2.14. The molecule has 0 aliphatic heterocycles. The number of nitro groups is 1. The zero-order chi connectivity index (χ0) is 14.7. The van der Waals surface area contributed by atoms with E-state index in [1.54, 1.807) is 12.1 Å². The monoisotopic (exact) mass is 339 g/mol. The van der Waals surface area contributed by atoms with E-state index in [9.17, 15) is 10.1 Å². The van der Waals surface area contributed by atoms with Gasteiger partial charge in [-0.15, -0.1) is 0 Å². The standard InChI is InChI=1S/C13H14BrN3O3/c1-8-12(9(2)20-16-8)7-15-6-10-5-11(14)3-4-13(10)17(18)19/h3-5,15H,6-7H2,1-2H3. The number of nitrogens with one attached hydrogen (secondary N) is 1. The maximum Gasteiger partial charge on any atom is 0.273 e. The minimum absolute atomic E-state index is 0.111. The van der Waals surface area contributed by atoms with E-state index < -0.39 is 0 Å². The SMILES string of the molecule is Cc1noc(C)c1CNCc1cc(Br)ccc1[N+](=O)[O-]. The van der Waals surface area contributed by atoms with Crippen molar-refractivity contribution in [1.29, 1.82) is 0 Å². The van der Waals surface area contributed by atoms with Gasteiger partial charge in [-0.1, -0.05) is 21.1 Å². The second-order valence-electron chi connectivity index (χ2n) is 4.44. The van der Waals surface area contributed by atoms with Crippen molar-refractivity contribution in [3.8, 4) is 0 Å². The first-order chi connectivity index (χ1) is 9.49. The average molecular weight is 340 g/mol. The van der Waals surface area contributed by atoms with Gasteiger partial charge in [-0.05, 0) is 26.0 Å². The maximum absolute atomic E-state index is 11.0. The van der Waals surface area contributed by atoms with Crippen molar-refractivity contribution in [2.24, 2.45) is 0 Å². The van der Waals surface area contributed by atoms with Crippen molar-refractivity contribution < 1.29 is 9.45 Å². The molecule has 1 heterocycles. The predicted molar refractivity (Wildman–Crippen MR) is 77.3 cm³/mol. The van der Waals surface area contributed by atoms with Gasteiger partial charge in [0.2, 0.25) is 0 Å². The van der Waals surface area contributed by atoms with Gasteiger partial charge in [0.15, 0.2) is 0 Å². The smallest absolute Gasteiger partial charge is 0.273 e. The van der Waals surface area contributed by atoms with Crippen LogP contribution in [0, 0.1) is 24.0 Å². The van der Waals surface area contributed by atoms with Crippen LogP contribution in [0.25, 0.3) is 0 Å². The Hall–Kier alpha value is -1.73. The Balaban J connectivity index is 2.08. The summed E-state index contributed by atoms with van der Waals surface area (Å²) < 4.78 is 5.89. The fourth-order valence-corrected chi connectivity index (χ4v) is 2.36. The number of nitro benzene ring substituents is 1. The molecule has 2 aromatic rings. The number of rotatable bonds is 5. The van der Waals surface area contributed by atoms with E-state index in [0.717, 1.165) is 21.5 Å². The van der Waals surface area contributed by atoms with Gasteiger partial charge in [-0.3, -0.25) is 10.1 Å². The van der Waals surface area contributed by atoms with Gasteiger partial charge < -0.3 is 9.84 Å². The van der Waals surface area contributed by atoms with Crippen molar-refractivity contribution in [2.45, 2.75) is 26.9 Å². The zero-order valence-corrected chi connectivity index (χ0v) is 12.7. The van der Waals surface area contributed by atoms with E-state index >= 15 is 0 Å². The largest absolute Gasteiger partial charge is 0.361 e. The molecule has 0 atom stereocenters. The van der Waals surface area contributed by atoms with Crippen LogP contribution in [0.2, 0.25) is 0 Å². The molecule has 0 unspecified atom stereocenters. The van der Waals surface area contributed by atoms with E-state index in [0.29, 0.717) is 18.7 Å². The van der Waals surface area contributed by atoms with Crippen LogP contribution < -0.4 is 5.32 Å². The van der Waals surface area contributed by atoms with Gasteiger partial charge in [-0.2, -0.15) is 0 Å². The van der Waals surface area contributed by atoms with Crippen molar-refractivity contribution in [3.05, 3.63) is 55.4 Å². The molecule has 0 saturated heterocycles. The Morgan fingerprint density at radius 3 is 2.75 bits per heavy atom. The van der Waals surface area contributed by atoms with Crippen molar-refractivity contribution >= 4 is 21.6 Å². The molecule has 6 nitrogen and oxygen atoms in total. The lowest BCUT2D eigenvalue weighted by atomic mass is 10.1. The maximum atomic E-state index is 11.0. The summed E-state index contributed by atoms with van der Waals surface area (Å²) in [7, 11) is 0. The number of benzene rings is 1. The Morgan fingerprint density at radius 2 is 2.15 bits per heavy atom. The lowest BCUT2D eigenvalue weighted by Crippen LogP contribution is -2.14. The fourth-order valence-electron chi connectivity index (χ4n) is 1.95. The lowest BCUT2D eigenvalue weighted by molar-refractivity contribution is -0.385. The molecule has 0 aliphatic carbocycles. The number of halogens is 1. The summed E-state index contributed by atoms with van der Waals surface area (Å²) in [5.74, 6) is 0.763. The summed E-state index contributed by atoms with van der Waals surface area (Å²) in [6.07, 6.45) is 0. The number of nitrogens with zero attached hydrogens (tertiary/aromatic N) is 2. The minimum atomic E-state index is -0.376. The molecule has 1 N–H and O–H groups in total. The summed E-state index contributed by atoms with van der Waals surface area (Å²) >= 11 is 3.32. The van der Waals surface area contributed by atoms with Gasteiger partial charge in [0.25, 0.3) is 5.69 Å². The van der Waals surface area contributed by atoms with E-state index in [1.807, 2.05) is 13.8 Å². The Bertz CT molecular complexity index is 620. The molecular weight excluding hydrogens is 326 g/mol. The van der Waals surface area contributed by atoms with Crippen molar-refractivity contribution in [1.82, 2.24) is 10.5 Å². The zero-order valence-electron chi connectivity index (χ0n) is 11.1. The van der Waals surface area contributed by atoms with Crippen LogP contribution in [0.3, 0.4) is 0 Å². The summed E-state index contributed by atoms with van der Waals surface area (Å²) in [5.41, 5.74) is 2.57. The molecule has 7 heteroatoms. The fraction of sp³-hybridized carbons (Fsp3) is 0.308. The molecule has 0 radical (unpaired) electrons. The average Bonchev–Trinajstić information content (AvgIpc) is 2.70. The Labute approximate surface area is 124 Å². The Morgan fingerprint density at radius 1 is 1.40 bits per heavy atom. The third-order valence-electron chi connectivity index (χ3n) is 3.04. The molecule has 20 heavy (non-hydrogen) atoms. The normalized spacial score (nSPS) is 10.8. The predicted octanol–water partition coefficient (Wildman–Crippen LogP) is 3.25. The van der Waals surface area contributed by atoms with E-state index in [2.05, 4.69) is 26.4 Å². The Kier molecular flexibility index (Phi) is 4.51. The van der Waals surface area contributed by atoms with Gasteiger partial charge in [0.05, 0.1) is 10.6 Å². The summed E-state index contributed by atoms with van der Waals surface area (Å²) in [6, 6.07) is 4.91. The number of aryl methyl sites for hydroxylation is 2. The van der Waals surface area contributed by atoms with E-state index in [-0.39, 0.29) is 10.6 Å². The third-order valence-corrected chi connectivity index (χ3v) is 3.53. The van der Waals surface area contributed by atoms with Crippen molar-refractivity contribution in [3.63, 3.8) is 0 Å². The first-order valence-electron chi connectivity index (χ1n) is 6.04. The van der Waals surface area contributed by atoms with Crippen LogP contribution in [-0.4, -0.2) is 10.1 Å². The number of aromatic nitrogens is 1. The molecule has 1 aromatic heterocycles.